The number of hydrogen-bond donors (Lipinski definition) is 0. The van der Waals surface area contributed by atoms with Crippen molar-refractivity contribution in [3.05, 3.63) is 174 Å². The molecular weight excluding hydrogens is 558 g/mol. The summed E-state index contributed by atoms with van der Waals surface area (Å²) in [5, 5.41) is 2.65. The number of para-hydroxylation sites is 1. The largest absolute Gasteiger partial charge is 0.369 e. The Morgan fingerprint density at radius 2 is 1.52 bits per heavy atom. The maximum atomic E-state index is 2.40. The molecule has 0 aliphatic carbocycles. The first-order chi connectivity index (χ1) is 22.5. The van der Waals surface area contributed by atoms with Gasteiger partial charge in [0.1, 0.15) is 0 Å². The molecule has 0 N–H and O–H groups in total. The zero-order valence-corrected chi connectivity index (χ0v) is 27.6. The molecule has 3 aromatic carbocycles. The summed E-state index contributed by atoms with van der Waals surface area (Å²) in [7, 11) is 0. The molecule has 0 fully saturated rings. The molecule has 1 aliphatic rings. The first-order valence-electron chi connectivity index (χ1n) is 16.6. The fourth-order valence-electron chi connectivity index (χ4n) is 6.47. The van der Waals surface area contributed by atoms with E-state index in [1.165, 1.54) is 55.4 Å². The van der Waals surface area contributed by atoms with Gasteiger partial charge in [-0.25, -0.2) is 4.57 Å². The Morgan fingerprint density at radius 3 is 2.17 bits per heavy atom. The summed E-state index contributed by atoms with van der Waals surface area (Å²) in [6.07, 6.45) is 23.3. The number of pyridine rings is 2. The summed E-state index contributed by atoms with van der Waals surface area (Å²) in [5.74, 6) is 0.474. The molecule has 0 unspecified atom stereocenters. The lowest BCUT2D eigenvalue weighted by Crippen LogP contribution is -2.33. The molecule has 1 aliphatic heterocycles. The van der Waals surface area contributed by atoms with Gasteiger partial charge in [-0.05, 0) is 63.9 Å². The molecular formula is C43H45N3+2. The van der Waals surface area contributed by atoms with Crippen LogP contribution in [0.25, 0.3) is 27.6 Å². The Labute approximate surface area is 274 Å². The number of allylic oxidation sites excluding steroid dienone is 6. The SMILES string of the molecule is C/C=C\C(=C/CC)C1=CCN(Cc2cccc3cccc(C[n+]4ccc(-c5cc[n+](-c6ccccc6C(C)C)cc5)cc4)c23)C=C1. The van der Waals surface area contributed by atoms with E-state index in [4.69, 9.17) is 0 Å². The minimum absolute atomic E-state index is 0.474. The molecule has 0 saturated heterocycles. The van der Waals surface area contributed by atoms with Gasteiger partial charge in [-0.15, -0.1) is 0 Å². The highest BCUT2D eigenvalue weighted by Gasteiger charge is 2.16. The second-order valence-corrected chi connectivity index (χ2v) is 12.4. The molecule has 0 saturated carbocycles. The second-order valence-electron chi connectivity index (χ2n) is 12.4. The van der Waals surface area contributed by atoms with Crippen LogP contribution in [0.5, 0.6) is 0 Å². The third kappa shape index (κ3) is 6.94. The van der Waals surface area contributed by atoms with Crippen molar-refractivity contribution >= 4 is 10.8 Å². The summed E-state index contributed by atoms with van der Waals surface area (Å²) >= 11 is 0. The van der Waals surface area contributed by atoms with E-state index in [9.17, 15) is 0 Å². The van der Waals surface area contributed by atoms with E-state index in [-0.39, 0.29) is 0 Å². The minimum atomic E-state index is 0.474. The molecule has 6 rings (SSSR count). The zero-order valence-electron chi connectivity index (χ0n) is 27.6. The Hall–Kier alpha value is -5.02. The van der Waals surface area contributed by atoms with Crippen LogP contribution >= 0.6 is 0 Å². The van der Waals surface area contributed by atoms with E-state index in [1.54, 1.807) is 0 Å². The lowest BCUT2D eigenvalue weighted by molar-refractivity contribution is -0.688. The summed E-state index contributed by atoms with van der Waals surface area (Å²) in [5.41, 5.74) is 10.3. The van der Waals surface area contributed by atoms with Gasteiger partial charge in [0, 0.05) is 60.7 Å². The molecule has 230 valence electrons. The van der Waals surface area contributed by atoms with E-state index >= 15 is 0 Å². The van der Waals surface area contributed by atoms with Gasteiger partial charge in [-0.1, -0.05) is 99.7 Å². The van der Waals surface area contributed by atoms with Gasteiger partial charge in [-0.3, -0.25) is 0 Å². The number of benzene rings is 3. The van der Waals surface area contributed by atoms with Crippen LogP contribution in [0.4, 0.5) is 0 Å². The molecule has 0 spiro atoms. The van der Waals surface area contributed by atoms with Crippen molar-refractivity contribution in [2.75, 3.05) is 6.54 Å². The molecule has 0 amide bonds. The summed E-state index contributed by atoms with van der Waals surface area (Å²) in [6.45, 7) is 11.4. The van der Waals surface area contributed by atoms with Crippen molar-refractivity contribution in [2.24, 2.45) is 0 Å². The van der Waals surface area contributed by atoms with Crippen LogP contribution in [0.3, 0.4) is 0 Å². The third-order valence-corrected chi connectivity index (χ3v) is 8.81. The van der Waals surface area contributed by atoms with E-state index in [0.717, 1.165) is 26.1 Å². The van der Waals surface area contributed by atoms with Crippen molar-refractivity contribution in [3.63, 3.8) is 0 Å². The lowest BCUT2D eigenvalue weighted by atomic mass is 9.98. The first kappa shape index (κ1) is 31.0. The van der Waals surface area contributed by atoms with E-state index in [0.29, 0.717) is 5.92 Å². The standard InChI is InChI=1S/C43H45N3/c1-5-11-34(12-6-2)35-19-25-44(26-20-35)31-39-15-9-13-38-14-10-16-40(43(38)39)32-45-27-21-36(22-28-45)37-23-29-46(30-24-37)42-18-8-7-17-41(42)33(3)4/h5,7-25,27-30,33H,6,26,31-32H2,1-4H3/q+2/b11-5-,34-12+. The van der Waals surface area contributed by atoms with Crippen LogP contribution in [0.15, 0.2) is 157 Å². The Balaban J connectivity index is 1.19. The Kier molecular flexibility index (Phi) is 9.69. The predicted molar refractivity (Wildman–Crippen MR) is 192 cm³/mol. The van der Waals surface area contributed by atoms with Gasteiger partial charge in [0.05, 0.1) is 0 Å². The van der Waals surface area contributed by atoms with Crippen LogP contribution < -0.4 is 9.13 Å². The minimum Gasteiger partial charge on any atom is -0.369 e. The van der Waals surface area contributed by atoms with Gasteiger partial charge < -0.3 is 4.90 Å². The third-order valence-electron chi connectivity index (χ3n) is 8.81. The summed E-state index contributed by atoms with van der Waals surface area (Å²) in [6, 6.07) is 30.9. The monoisotopic (exact) mass is 603 g/mol. The Bertz CT molecular complexity index is 1920. The van der Waals surface area contributed by atoms with Gasteiger partial charge in [0.15, 0.2) is 31.3 Å². The number of fused-ring (bicyclic) bond motifs is 1. The molecule has 5 aromatic rings. The van der Waals surface area contributed by atoms with Crippen molar-refractivity contribution in [1.29, 1.82) is 0 Å². The van der Waals surface area contributed by atoms with Crippen LogP contribution in [0.1, 0.15) is 56.7 Å². The molecule has 0 atom stereocenters. The van der Waals surface area contributed by atoms with Crippen molar-refractivity contribution in [1.82, 2.24) is 4.90 Å². The second kappa shape index (κ2) is 14.4. The molecule has 2 aromatic heterocycles. The highest BCUT2D eigenvalue weighted by Crippen LogP contribution is 2.27. The van der Waals surface area contributed by atoms with Crippen LogP contribution in [-0.2, 0) is 13.1 Å². The van der Waals surface area contributed by atoms with Crippen LogP contribution in [0, 0.1) is 0 Å². The van der Waals surface area contributed by atoms with Crippen molar-refractivity contribution in [2.45, 2.75) is 53.1 Å². The normalized spacial score (nSPS) is 13.6. The van der Waals surface area contributed by atoms with Crippen molar-refractivity contribution in [3.8, 4) is 16.8 Å². The van der Waals surface area contributed by atoms with Gasteiger partial charge >= 0.3 is 0 Å². The molecule has 3 heterocycles. The fraction of sp³-hybridized carbons (Fsp3) is 0.209. The smallest absolute Gasteiger partial charge is 0.214 e. The van der Waals surface area contributed by atoms with Crippen LogP contribution in [0.2, 0.25) is 0 Å². The maximum Gasteiger partial charge on any atom is 0.214 e. The maximum absolute atomic E-state index is 2.40. The summed E-state index contributed by atoms with van der Waals surface area (Å²) in [4.78, 5) is 2.40. The average molecular weight is 604 g/mol. The average Bonchev–Trinajstić information content (AvgIpc) is 3.09. The Morgan fingerprint density at radius 1 is 0.826 bits per heavy atom. The van der Waals surface area contributed by atoms with Gasteiger partial charge in [-0.2, -0.15) is 4.57 Å². The molecule has 0 radical (unpaired) electrons. The fourth-order valence-corrected chi connectivity index (χ4v) is 6.47. The predicted octanol–water partition coefficient (Wildman–Crippen LogP) is 9.41. The topological polar surface area (TPSA) is 11.0 Å². The molecule has 3 heteroatoms. The number of hydrogen-bond acceptors (Lipinski definition) is 1. The molecule has 46 heavy (non-hydrogen) atoms. The number of aromatic nitrogens is 2. The van der Waals surface area contributed by atoms with Crippen molar-refractivity contribution < 1.29 is 9.13 Å². The zero-order chi connectivity index (χ0) is 31.9. The lowest BCUT2D eigenvalue weighted by Gasteiger charge is -2.24. The quantitative estimate of drug-likeness (QED) is 0.114. The van der Waals surface area contributed by atoms with Gasteiger partial charge in [0.2, 0.25) is 5.69 Å². The molecule has 3 nitrogen and oxygen atoms in total. The number of nitrogens with zero attached hydrogens (tertiary/aromatic N) is 3. The number of rotatable bonds is 10. The van der Waals surface area contributed by atoms with E-state index < -0.39 is 0 Å². The van der Waals surface area contributed by atoms with Crippen LogP contribution in [-0.4, -0.2) is 11.4 Å². The van der Waals surface area contributed by atoms with Gasteiger partial charge in [0.25, 0.3) is 0 Å². The summed E-state index contributed by atoms with van der Waals surface area (Å²) < 4.78 is 4.51. The van der Waals surface area contributed by atoms with E-state index in [2.05, 4.69) is 188 Å². The molecule has 0 bridgehead atoms. The highest BCUT2D eigenvalue weighted by molar-refractivity contribution is 5.88. The van der Waals surface area contributed by atoms with E-state index in [1.807, 2.05) is 0 Å². The highest BCUT2D eigenvalue weighted by atomic mass is 15.1. The first-order valence-corrected chi connectivity index (χ1v) is 16.6.